The van der Waals surface area contributed by atoms with E-state index in [-0.39, 0.29) is 12.0 Å². The van der Waals surface area contributed by atoms with Crippen LogP contribution in [0, 0.1) is 5.92 Å². The van der Waals surface area contributed by atoms with Gasteiger partial charge in [0.15, 0.2) is 0 Å². The maximum absolute atomic E-state index is 11.4. The van der Waals surface area contributed by atoms with Crippen molar-refractivity contribution in [2.75, 3.05) is 13.7 Å². The first kappa shape index (κ1) is 13.0. The van der Waals surface area contributed by atoms with E-state index in [0.29, 0.717) is 5.92 Å². The molecule has 0 spiro atoms. The Morgan fingerprint density at radius 1 is 1.62 bits per heavy atom. The zero-order chi connectivity index (χ0) is 12.0. The number of piperidine rings is 1. The minimum absolute atomic E-state index is 0.125. The van der Waals surface area contributed by atoms with Gasteiger partial charge in [-0.1, -0.05) is 24.3 Å². The van der Waals surface area contributed by atoms with Gasteiger partial charge in [0.1, 0.15) is 6.04 Å². The van der Waals surface area contributed by atoms with Crippen molar-refractivity contribution in [3.05, 3.63) is 24.3 Å². The summed E-state index contributed by atoms with van der Waals surface area (Å²) in [5, 5.41) is 3.19. The van der Waals surface area contributed by atoms with E-state index in [2.05, 4.69) is 18.8 Å². The molecule has 1 N–H and O–H groups in total. The number of carbonyl (C=O) groups is 1. The minimum atomic E-state index is -0.143. The molecular weight excluding hydrogens is 202 g/mol. The van der Waals surface area contributed by atoms with Gasteiger partial charge in [0.05, 0.1) is 7.11 Å². The molecule has 0 aromatic carbocycles. The Kier molecular flexibility index (Phi) is 5.26. The number of allylic oxidation sites excluding steroid dienone is 3. The topological polar surface area (TPSA) is 38.3 Å². The Balaban J connectivity index is 2.47. The van der Waals surface area contributed by atoms with Gasteiger partial charge < -0.3 is 10.1 Å². The summed E-state index contributed by atoms with van der Waals surface area (Å²) >= 11 is 0. The van der Waals surface area contributed by atoms with E-state index in [1.165, 1.54) is 12.7 Å². The van der Waals surface area contributed by atoms with Gasteiger partial charge in [0, 0.05) is 0 Å². The van der Waals surface area contributed by atoms with Gasteiger partial charge >= 0.3 is 5.97 Å². The van der Waals surface area contributed by atoms with Crippen molar-refractivity contribution in [1.29, 1.82) is 0 Å². The van der Waals surface area contributed by atoms with Crippen LogP contribution >= 0.6 is 0 Å². The van der Waals surface area contributed by atoms with Gasteiger partial charge in [-0.15, -0.1) is 0 Å². The van der Waals surface area contributed by atoms with Crippen LogP contribution in [0.3, 0.4) is 0 Å². The van der Waals surface area contributed by atoms with Crippen molar-refractivity contribution in [1.82, 2.24) is 5.32 Å². The first-order valence-corrected chi connectivity index (χ1v) is 5.76. The number of hydrogen-bond acceptors (Lipinski definition) is 3. The molecule has 2 atom stereocenters. The molecule has 0 aromatic rings. The third-order valence-electron chi connectivity index (χ3n) is 3.01. The number of nitrogens with one attached hydrogen (secondary N) is 1. The van der Waals surface area contributed by atoms with Gasteiger partial charge in [-0.05, 0) is 38.6 Å². The fourth-order valence-electron chi connectivity index (χ4n) is 2.23. The predicted octanol–water partition coefficient (Wildman–Crippen LogP) is 2.05. The molecule has 1 heterocycles. The summed E-state index contributed by atoms with van der Waals surface area (Å²) in [6.07, 6.45) is 6.88. The van der Waals surface area contributed by atoms with E-state index in [1.54, 1.807) is 0 Å². The van der Waals surface area contributed by atoms with Gasteiger partial charge in [-0.2, -0.15) is 0 Å². The Morgan fingerprint density at radius 2 is 2.38 bits per heavy atom. The first-order chi connectivity index (χ1) is 7.67. The molecule has 16 heavy (non-hydrogen) atoms. The molecule has 0 bridgehead atoms. The van der Waals surface area contributed by atoms with Crippen LogP contribution in [0.15, 0.2) is 24.3 Å². The summed E-state index contributed by atoms with van der Waals surface area (Å²) in [6, 6.07) is -0.125. The lowest BCUT2D eigenvalue weighted by atomic mass is 9.87. The first-order valence-electron chi connectivity index (χ1n) is 5.76. The second-order valence-corrected chi connectivity index (χ2v) is 4.37. The Hall–Kier alpha value is -1.09. The number of hydrogen-bond donors (Lipinski definition) is 1. The van der Waals surface area contributed by atoms with Crippen LogP contribution in [0.5, 0.6) is 0 Å². The average molecular weight is 223 g/mol. The molecule has 1 fully saturated rings. The monoisotopic (exact) mass is 223 g/mol. The minimum Gasteiger partial charge on any atom is -0.468 e. The third-order valence-corrected chi connectivity index (χ3v) is 3.01. The van der Waals surface area contributed by atoms with Crippen molar-refractivity contribution in [3.8, 4) is 0 Å². The molecule has 3 heteroatoms. The second kappa shape index (κ2) is 6.48. The summed E-state index contributed by atoms with van der Waals surface area (Å²) in [4.78, 5) is 11.4. The predicted molar refractivity (Wildman–Crippen MR) is 65.1 cm³/mol. The third kappa shape index (κ3) is 3.81. The van der Waals surface area contributed by atoms with Crippen LogP contribution in [0.1, 0.15) is 26.2 Å². The SMILES string of the molecule is C=C/C=C(\C)C[C@@H]1CCN[C@H](C(=O)OC)C1. The van der Waals surface area contributed by atoms with Gasteiger partial charge in [0.25, 0.3) is 0 Å². The van der Waals surface area contributed by atoms with E-state index in [1.807, 2.05) is 12.2 Å². The summed E-state index contributed by atoms with van der Waals surface area (Å²) < 4.78 is 4.76. The molecule has 0 aromatic heterocycles. The lowest BCUT2D eigenvalue weighted by Crippen LogP contribution is -2.44. The van der Waals surface area contributed by atoms with Gasteiger partial charge in [-0.3, -0.25) is 4.79 Å². The molecule has 1 saturated heterocycles. The van der Waals surface area contributed by atoms with Crippen molar-refractivity contribution < 1.29 is 9.53 Å². The fourth-order valence-corrected chi connectivity index (χ4v) is 2.23. The lowest BCUT2D eigenvalue weighted by molar-refractivity contribution is -0.144. The number of esters is 1. The van der Waals surface area contributed by atoms with Crippen LogP contribution in [0.4, 0.5) is 0 Å². The molecular formula is C13H21NO2. The molecule has 1 aliphatic heterocycles. The highest BCUT2D eigenvalue weighted by Crippen LogP contribution is 2.23. The maximum atomic E-state index is 11.4. The molecule has 0 saturated carbocycles. The zero-order valence-corrected chi connectivity index (χ0v) is 10.2. The maximum Gasteiger partial charge on any atom is 0.322 e. The van der Waals surface area contributed by atoms with E-state index in [9.17, 15) is 4.79 Å². The molecule has 0 radical (unpaired) electrons. The summed E-state index contributed by atoms with van der Waals surface area (Å²) in [5.41, 5.74) is 1.32. The molecule has 90 valence electrons. The lowest BCUT2D eigenvalue weighted by Gasteiger charge is -2.28. The molecule has 0 unspecified atom stereocenters. The van der Waals surface area contributed by atoms with Crippen LogP contribution in [-0.2, 0) is 9.53 Å². The van der Waals surface area contributed by atoms with Crippen LogP contribution in [-0.4, -0.2) is 25.7 Å². The standard InChI is InChI=1S/C13H21NO2/c1-4-5-10(2)8-11-6-7-14-12(9-11)13(15)16-3/h4-5,11-12,14H,1,6-9H2,2-3H3/b10-5+/t11-,12-/m0/s1. The average Bonchev–Trinajstić information content (AvgIpc) is 2.28. The van der Waals surface area contributed by atoms with Gasteiger partial charge in [0.2, 0.25) is 0 Å². The summed E-state index contributed by atoms with van der Waals surface area (Å²) in [6.45, 7) is 6.69. The number of ether oxygens (including phenoxy) is 1. The van der Waals surface area contributed by atoms with E-state index in [0.717, 1.165) is 25.8 Å². The van der Waals surface area contributed by atoms with Gasteiger partial charge in [-0.25, -0.2) is 0 Å². The summed E-state index contributed by atoms with van der Waals surface area (Å²) in [7, 11) is 1.44. The zero-order valence-electron chi connectivity index (χ0n) is 10.2. The van der Waals surface area contributed by atoms with E-state index >= 15 is 0 Å². The highest BCUT2D eigenvalue weighted by atomic mass is 16.5. The largest absolute Gasteiger partial charge is 0.468 e. The summed E-state index contributed by atoms with van der Waals surface area (Å²) in [5.74, 6) is 0.427. The molecule has 1 rings (SSSR count). The quantitative estimate of drug-likeness (QED) is 0.585. The van der Waals surface area contributed by atoms with Crippen LogP contribution in [0.25, 0.3) is 0 Å². The van der Waals surface area contributed by atoms with E-state index < -0.39 is 0 Å². The Morgan fingerprint density at radius 3 is 3.00 bits per heavy atom. The van der Waals surface area contributed by atoms with E-state index in [4.69, 9.17) is 4.74 Å². The number of rotatable bonds is 4. The van der Waals surface area contributed by atoms with Crippen molar-refractivity contribution in [3.63, 3.8) is 0 Å². The number of carbonyl (C=O) groups excluding carboxylic acids is 1. The highest BCUT2D eigenvalue weighted by molar-refractivity contribution is 5.75. The molecule has 1 aliphatic rings. The van der Waals surface area contributed by atoms with Crippen LogP contribution in [0.2, 0.25) is 0 Å². The smallest absolute Gasteiger partial charge is 0.322 e. The fraction of sp³-hybridized carbons (Fsp3) is 0.615. The highest BCUT2D eigenvalue weighted by Gasteiger charge is 2.27. The Bertz CT molecular complexity index is 284. The molecule has 0 amide bonds. The normalized spacial score (nSPS) is 26.2. The number of methoxy groups -OCH3 is 1. The van der Waals surface area contributed by atoms with Crippen molar-refractivity contribution in [2.24, 2.45) is 5.92 Å². The second-order valence-electron chi connectivity index (χ2n) is 4.37. The molecule has 0 aliphatic carbocycles. The Labute approximate surface area is 97.6 Å². The van der Waals surface area contributed by atoms with Crippen LogP contribution < -0.4 is 5.32 Å². The molecule has 3 nitrogen and oxygen atoms in total. The van der Waals surface area contributed by atoms with Crippen molar-refractivity contribution in [2.45, 2.75) is 32.2 Å². The van der Waals surface area contributed by atoms with Crippen molar-refractivity contribution >= 4 is 5.97 Å².